The summed E-state index contributed by atoms with van der Waals surface area (Å²) >= 11 is 6.26. The van der Waals surface area contributed by atoms with Crippen molar-refractivity contribution in [2.75, 3.05) is 11.9 Å². The van der Waals surface area contributed by atoms with Crippen LogP contribution in [0.1, 0.15) is 23.7 Å². The number of anilines is 1. The molecular weight excluding hydrogens is 284 g/mol. The van der Waals surface area contributed by atoms with E-state index in [2.05, 4.69) is 17.0 Å². The Morgan fingerprint density at radius 1 is 1.38 bits per heavy atom. The fourth-order valence-electron chi connectivity index (χ4n) is 2.69. The number of benzene rings is 1. The molecule has 1 aromatic carbocycles. The van der Waals surface area contributed by atoms with Gasteiger partial charge in [0.25, 0.3) is 0 Å². The third kappa shape index (κ3) is 3.57. The van der Waals surface area contributed by atoms with Crippen LogP contribution >= 0.6 is 11.6 Å². The van der Waals surface area contributed by atoms with E-state index in [1.165, 1.54) is 5.56 Å². The van der Waals surface area contributed by atoms with Crippen molar-refractivity contribution in [1.82, 2.24) is 9.78 Å². The van der Waals surface area contributed by atoms with E-state index in [1.54, 1.807) is 0 Å². The molecule has 1 atom stereocenters. The largest absolute Gasteiger partial charge is 0.355 e. The van der Waals surface area contributed by atoms with Crippen molar-refractivity contribution in [3.05, 3.63) is 46.1 Å². The molecule has 0 spiro atoms. The number of nitrogens with zero attached hydrogens (tertiary/aromatic N) is 3. The Labute approximate surface area is 131 Å². The maximum atomic E-state index is 6.26. The molecule has 1 aromatic heterocycles. The predicted molar refractivity (Wildman–Crippen MR) is 88.9 cm³/mol. The van der Waals surface area contributed by atoms with E-state index < -0.39 is 0 Å². The molecule has 0 aliphatic heterocycles. The van der Waals surface area contributed by atoms with Crippen molar-refractivity contribution in [3.63, 3.8) is 0 Å². The lowest BCUT2D eigenvalue weighted by Crippen LogP contribution is -2.24. The minimum absolute atomic E-state index is 0.111. The second-order valence-corrected chi connectivity index (χ2v) is 6.05. The molecule has 0 aliphatic rings. The number of hydrogen-bond donors (Lipinski definition) is 1. The summed E-state index contributed by atoms with van der Waals surface area (Å²) in [6.07, 6.45) is 0.821. The van der Waals surface area contributed by atoms with Crippen LogP contribution in [0.2, 0.25) is 5.02 Å². The van der Waals surface area contributed by atoms with Gasteiger partial charge in [-0.1, -0.05) is 29.8 Å². The first kappa shape index (κ1) is 15.9. The van der Waals surface area contributed by atoms with Crippen LogP contribution in [0.3, 0.4) is 0 Å². The molecule has 0 aliphatic carbocycles. The van der Waals surface area contributed by atoms with Crippen LogP contribution in [0.25, 0.3) is 0 Å². The number of aryl methyl sites for hydroxylation is 2. The summed E-state index contributed by atoms with van der Waals surface area (Å²) in [5, 5.41) is 5.32. The van der Waals surface area contributed by atoms with E-state index in [0.29, 0.717) is 0 Å². The lowest BCUT2D eigenvalue weighted by atomic mass is 10.1. The first-order valence-corrected chi connectivity index (χ1v) is 7.50. The van der Waals surface area contributed by atoms with Crippen LogP contribution in [-0.4, -0.2) is 22.9 Å². The number of aromatic nitrogens is 2. The highest BCUT2D eigenvalue weighted by Gasteiger charge is 2.18. The van der Waals surface area contributed by atoms with E-state index in [0.717, 1.165) is 35.1 Å². The molecule has 0 amide bonds. The monoisotopic (exact) mass is 306 g/mol. The summed E-state index contributed by atoms with van der Waals surface area (Å²) in [4.78, 5) is 2.18. The van der Waals surface area contributed by atoms with Crippen molar-refractivity contribution in [1.29, 1.82) is 0 Å². The van der Waals surface area contributed by atoms with E-state index >= 15 is 0 Å². The Bertz CT molecular complexity index is 619. The standard InChI is InChI=1S/C16H23ClN4/c1-11(18)9-14-12(2)19-21(4)16(14)20(3)10-13-7-5-6-8-15(13)17/h5-8,11H,9-10,18H2,1-4H3. The summed E-state index contributed by atoms with van der Waals surface area (Å²) in [6, 6.07) is 8.03. The van der Waals surface area contributed by atoms with Gasteiger partial charge in [-0.25, -0.2) is 0 Å². The lowest BCUT2D eigenvalue weighted by molar-refractivity contribution is 0.715. The van der Waals surface area contributed by atoms with Gasteiger partial charge in [-0.3, -0.25) is 4.68 Å². The molecule has 21 heavy (non-hydrogen) atoms. The quantitative estimate of drug-likeness (QED) is 0.924. The number of rotatable bonds is 5. The van der Waals surface area contributed by atoms with Gasteiger partial charge in [-0.15, -0.1) is 0 Å². The Hall–Kier alpha value is -1.52. The van der Waals surface area contributed by atoms with Crippen molar-refractivity contribution in [3.8, 4) is 0 Å². The normalized spacial score (nSPS) is 12.5. The first-order valence-electron chi connectivity index (χ1n) is 7.12. The minimum atomic E-state index is 0.111. The van der Waals surface area contributed by atoms with Crippen molar-refractivity contribution < 1.29 is 0 Å². The molecule has 0 saturated heterocycles. The summed E-state index contributed by atoms with van der Waals surface area (Å²) in [7, 11) is 4.03. The SMILES string of the molecule is Cc1nn(C)c(N(C)Cc2ccccc2Cl)c1CC(C)N. The van der Waals surface area contributed by atoms with Crippen molar-refractivity contribution in [2.24, 2.45) is 12.8 Å². The predicted octanol–water partition coefficient (Wildman–Crippen LogP) is 2.91. The van der Waals surface area contributed by atoms with Gasteiger partial charge in [0.15, 0.2) is 0 Å². The van der Waals surface area contributed by atoms with Crippen LogP contribution < -0.4 is 10.6 Å². The Balaban J connectivity index is 2.31. The molecule has 114 valence electrons. The van der Waals surface area contributed by atoms with Gasteiger partial charge in [-0.2, -0.15) is 5.10 Å². The zero-order chi connectivity index (χ0) is 15.6. The Kier molecular flexibility index (Phi) is 4.91. The highest BCUT2D eigenvalue weighted by atomic mass is 35.5. The maximum absolute atomic E-state index is 6.26. The number of nitrogens with two attached hydrogens (primary N) is 1. The van der Waals surface area contributed by atoms with E-state index in [4.69, 9.17) is 17.3 Å². The highest BCUT2D eigenvalue weighted by Crippen LogP contribution is 2.26. The van der Waals surface area contributed by atoms with Crippen LogP contribution in [0.5, 0.6) is 0 Å². The fraction of sp³-hybridized carbons (Fsp3) is 0.438. The molecule has 4 nitrogen and oxygen atoms in total. The summed E-state index contributed by atoms with van der Waals surface area (Å²) in [5.74, 6) is 1.10. The molecule has 5 heteroatoms. The Morgan fingerprint density at radius 3 is 2.67 bits per heavy atom. The third-order valence-corrected chi connectivity index (χ3v) is 3.93. The first-order chi connectivity index (χ1) is 9.90. The fourth-order valence-corrected chi connectivity index (χ4v) is 2.88. The van der Waals surface area contributed by atoms with Gasteiger partial charge in [0.05, 0.1) is 5.69 Å². The van der Waals surface area contributed by atoms with Gasteiger partial charge < -0.3 is 10.6 Å². The van der Waals surface area contributed by atoms with Gasteiger partial charge in [0, 0.05) is 37.3 Å². The van der Waals surface area contributed by atoms with Crippen LogP contribution in [0.4, 0.5) is 5.82 Å². The zero-order valence-electron chi connectivity index (χ0n) is 13.1. The minimum Gasteiger partial charge on any atom is -0.355 e. The molecule has 0 bridgehead atoms. The highest BCUT2D eigenvalue weighted by molar-refractivity contribution is 6.31. The van der Waals surface area contributed by atoms with Gasteiger partial charge in [0.1, 0.15) is 5.82 Å². The maximum Gasteiger partial charge on any atom is 0.130 e. The Morgan fingerprint density at radius 2 is 2.05 bits per heavy atom. The lowest BCUT2D eigenvalue weighted by Gasteiger charge is -2.22. The van der Waals surface area contributed by atoms with E-state index in [-0.39, 0.29) is 6.04 Å². The molecule has 1 heterocycles. The molecule has 1 unspecified atom stereocenters. The van der Waals surface area contributed by atoms with Crippen LogP contribution in [0, 0.1) is 6.92 Å². The molecule has 2 rings (SSSR count). The van der Waals surface area contributed by atoms with E-state index in [9.17, 15) is 0 Å². The summed E-state index contributed by atoms with van der Waals surface area (Å²) in [6.45, 7) is 4.79. The molecular formula is C16H23ClN4. The van der Waals surface area contributed by atoms with Crippen LogP contribution in [-0.2, 0) is 20.0 Å². The number of hydrogen-bond acceptors (Lipinski definition) is 3. The van der Waals surface area contributed by atoms with E-state index in [1.807, 2.05) is 49.8 Å². The molecule has 0 fully saturated rings. The molecule has 0 saturated carbocycles. The molecule has 2 aromatic rings. The molecule has 2 N–H and O–H groups in total. The van der Waals surface area contributed by atoms with Gasteiger partial charge in [-0.05, 0) is 31.9 Å². The summed E-state index contributed by atoms with van der Waals surface area (Å²) in [5.41, 5.74) is 9.32. The zero-order valence-corrected chi connectivity index (χ0v) is 13.9. The molecule has 0 radical (unpaired) electrons. The van der Waals surface area contributed by atoms with Crippen molar-refractivity contribution in [2.45, 2.75) is 32.9 Å². The second-order valence-electron chi connectivity index (χ2n) is 5.64. The smallest absolute Gasteiger partial charge is 0.130 e. The second kappa shape index (κ2) is 6.50. The van der Waals surface area contributed by atoms with Gasteiger partial charge >= 0.3 is 0 Å². The van der Waals surface area contributed by atoms with Gasteiger partial charge in [0.2, 0.25) is 0 Å². The topological polar surface area (TPSA) is 47.1 Å². The number of halogens is 1. The average Bonchev–Trinajstić information content (AvgIpc) is 2.66. The average molecular weight is 307 g/mol. The van der Waals surface area contributed by atoms with Crippen LogP contribution in [0.15, 0.2) is 24.3 Å². The summed E-state index contributed by atoms with van der Waals surface area (Å²) < 4.78 is 1.92. The third-order valence-electron chi connectivity index (χ3n) is 3.57. The van der Waals surface area contributed by atoms with Crippen molar-refractivity contribution >= 4 is 17.4 Å².